The van der Waals surface area contributed by atoms with Gasteiger partial charge in [-0.25, -0.2) is 4.79 Å². The van der Waals surface area contributed by atoms with Gasteiger partial charge in [0.1, 0.15) is 5.60 Å². The highest BCUT2D eigenvalue weighted by Gasteiger charge is 2.49. The van der Waals surface area contributed by atoms with Crippen molar-refractivity contribution in [3.8, 4) is 0 Å². The lowest BCUT2D eigenvalue weighted by atomic mass is 10.1. The molecule has 5 nitrogen and oxygen atoms in total. The summed E-state index contributed by atoms with van der Waals surface area (Å²) < 4.78 is 11.0. The van der Waals surface area contributed by atoms with E-state index in [9.17, 15) is 4.79 Å². The second-order valence-electron chi connectivity index (χ2n) is 6.02. The summed E-state index contributed by atoms with van der Waals surface area (Å²) in [6.07, 6.45) is 1.67. The minimum Gasteiger partial charge on any atom is -0.444 e. The summed E-state index contributed by atoms with van der Waals surface area (Å²) in [5.74, 6) is 0. The van der Waals surface area contributed by atoms with Crippen LogP contribution in [-0.4, -0.2) is 47.9 Å². The first-order valence-corrected chi connectivity index (χ1v) is 6.19. The SMILES string of the molecule is CC(C)(C)OC(=O)N1CCOC(C2(N)CC2)C1. The van der Waals surface area contributed by atoms with E-state index in [1.807, 2.05) is 20.8 Å². The van der Waals surface area contributed by atoms with Gasteiger partial charge in [-0.1, -0.05) is 0 Å². The van der Waals surface area contributed by atoms with E-state index < -0.39 is 5.60 Å². The number of hydrogen-bond donors (Lipinski definition) is 1. The Hall–Kier alpha value is -0.810. The predicted molar refractivity (Wildman–Crippen MR) is 63.7 cm³/mol. The summed E-state index contributed by atoms with van der Waals surface area (Å²) in [6, 6.07) is 0. The van der Waals surface area contributed by atoms with Gasteiger partial charge >= 0.3 is 6.09 Å². The van der Waals surface area contributed by atoms with Crippen LogP contribution in [0.1, 0.15) is 33.6 Å². The van der Waals surface area contributed by atoms with Gasteiger partial charge in [0, 0.05) is 12.1 Å². The normalized spacial score (nSPS) is 27.8. The zero-order valence-electron chi connectivity index (χ0n) is 10.9. The molecule has 2 fully saturated rings. The fourth-order valence-electron chi connectivity index (χ4n) is 1.96. The molecule has 2 rings (SSSR count). The topological polar surface area (TPSA) is 64.8 Å². The molecule has 0 spiro atoms. The summed E-state index contributed by atoms with van der Waals surface area (Å²) in [7, 11) is 0. The highest BCUT2D eigenvalue weighted by Crippen LogP contribution is 2.38. The molecule has 1 aliphatic carbocycles. The standard InChI is InChI=1S/C12H22N2O3/c1-11(2,3)17-10(15)14-6-7-16-9(8-14)12(13)4-5-12/h9H,4-8,13H2,1-3H3. The van der Waals surface area contributed by atoms with Crippen molar-refractivity contribution in [1.29, 1.82) is 0 Å². The Bertz CT molecular complexity index is 307. The minimum atomic E-state index is -0.454. The lowest BCUT2D eigenvalue weighted by Crippen LogP contribution is -2.54. The first kappa shape index (κ1) is 12.6. The van der Waals surface area contributed by atoms with E-state index in [1.54, 1.807) is 4.90 Å². The Morgan fingerprint density at radius 3 is 2.65 bits per heavy atom. The molecule has 1 atom stereocenters. The molecule has 0 bridgehead atoms. The third-order valence-electron chi connectivity index (χ3n) is 3.19. The molecule has 2 aliphatic rings. The van der Waals surface area contributed by atoms with Crippen LogP contribution in [0.5, 0.6) is 0 Å². The number of rotatable bonds is 1. The van der Waals surface area contributed by atoms with E-state index in [0.717, 1.165) is 12.8 Å². The lowest BCUT2D eigenvalue weighted by Gasteiger charge is -2.36. The van der Waals surface area contributed by atoms with E-state index in [2.05, 4.69) is 0 Å². The van der Waals surface area contributed by atoms with Gasteiger partial charge in [0.2, 0.25) is 0 Å². The molecule has 0 aromatic heterocycles. The van der Waals surface area contributed by atoms with Crippen LogP contribution in [0.2, 0.25) is 0 Å². The van der Waals surface area contributed by atoms with Crippen molar-refractivity contribution in [3.05, 3.63) is 0 Å². The maximum Gasteiger partial charge on any atom is 0.410 e. The van der Waals surface area contributed by atoms with Crippen molar-refractivity contribution < 1.29 is 14.3 Å². The molecule has 0 aromatic carbocycles. The molecule has 2 N–H and O–H groups in total. The van der Waals surface area contributed by atoms with Crippen molar-refractivity contribution in [2.45, 2.75) is 50.9 Å². The van der Waals surface area contributed by atoms with E-state index in [-0.39, 0.29) is 17.7 Å². The second kappa shape index (κ2) is 4.14. The zero-order valence-corrected chi connectivity index (χ0v) is 10.9. The number of nitrogens with zero attached hydrogens (tertiary/aromatic N) is 1. The first-order chi connectivity index (χ1) is 7.80. The molecule has 1 saturated heterocycles. The predicted octanol–water partition coefficient (Wildman–Crippen LogP) is 1.11. The number of ether oxygens (including phenoxy) is 2. The molecule has 1 heterocycles. The van der Waals surface area contributed by atoms with Crippen LogP contribution in [-0.2, 0) is 9.47 Å². The average molecular weight is 242 g/mol. The van der Waals surface area contributed by atoms with E-state index in [1.165, 1.54) is 0 Å². The first-order valence-electron chi connectivity index (χ1n) is 6.19. The third kappa shape index (κ3) is 3.10. The van der Waals surface area contributed by atoms with Gasteiger partial charge in [-0.15, -0.1) is 0 Å². The Balaban J connectivity index is 1.91. The quantitative estimate of drug-likeness (QED) is 0.748. The van der Waals surface area contributed by atoms with Crippen LogP contribution in [0.4, 0.5) is 4.79 Å². The number of carbonyl (C=O) groups is 1. The molecule has 1 aliphatic heterocycles. The second-order valence-corrected chi connectivity index (χ2v) is 6.02. The molecular formula is C12H22N2O3. The summed E-state index contributed by atoms with van der Waals surface area (Å²) >= 11 is 0. The number of hydrogen-bond acceptors (Lipinski definition) is 4. The van der Waals surface area contributed by atoms with Gasteiger partial charge < -0.3 is 20.1 Å². The largest absolute Gasteiger partial charge is 0.444 e. The number of morpholine rings is 1. The van der Waals surface area contributed by atoms with Crippen molar-refractivity contribution in [3.63, 3.8) is 0 Å². The monoisotopic (exact) mass is 242 g/mol. The van der Waals surface area contributed by atoms with Crippen LogP contribution in [0, 0.1) is 0 Å². The van der Waals surface area contributed by atoms with Crippen molar-refractivity contribution in [1.82, 2.24) is 4.90 Å². The van der Waals surface area contributed by atoms with Crippen molar-refractivity contribution in [2.24, 2.45) is 5.73 Å². The molecule has 1 amide bonds. The third-order valence-corrected chi connectivity index (χ3v) is 3.19. The van der Waals surface area contributed by atoms with Gasteiger partial charge in [-0.05, 0) is 33.6 Å². The highest BCUT2D eigenvalue weighted by atomic mass is 16.6. The van der Waals surface area contributed by atoms with Gasteiger partial charge in [0.25, 0.3) is 0 Å². The summed E-state index contributed by atoms with van der Waals surface area (Å²) in [4.78, 5) is 13.6. The zero-order chi connectivity index (χ0) is 12.7. The average Bonchev–Trinajstić information content (AvgIpc) is 2.96. The molecule has 0 aromatic rings. The van der Waals surface area contributed by atoms with Crippen LogP contribution in [0.15, 0.2) is 0 Å². The molecule has 1 unspecified atom stereocenters. The van der Waals surface area contributed by atoms with Gasteiger partial charge in [-0.2, -0.15) is 0 Å². The highest BCUT2D eigenvalue weighted by molar-refractivity contribution is 5.68. The molecular weight excluding hydrogens is 220 g/mol. The van der Waals surface area contributed by atoms with Crippen LogP contribution in [0.3, 0.4) is 0 Å². The fraction of sp³-hybridized carbons (Fsp3) is 0.917. The molecule has 98 valence electrons. The van der Waals surface area contributed by atoms with Crippen LogP contribution >= 0.6 is 0 Å². The Kier molecular flexibility index (Phi) is 3.08. The van der Waals surface area contributed by atoms with Gasteiger partial charge in [-0.3, -0.25) is 0 Å². The van der Waals surface area contributed by atoms with Crippen molar-refractivity contribution in [2.75, 3.05) is 19.7 Å². The maximum atomic E-state index is 11.9. The van der Waals surface area contributed by atoms with Gasteiger partial charge in [0.05, 0.1) is 19.3 Å². The maximum absolute atomic E-state index is 11.9. The fourth-order valence-corrected chi connectivity index (χ4v) is 1.96. The van der Waals surface area contributed by atoms with E-state index >= 15 is 0 Å². The summed E-state index contributed by atoms with van der Waals surface area (Å²) in [5.41, 5.74) is 5.45. The number of carbonyl (C=O) groups excluding carboxylic acids is 1. The summed E-state index contributed by atoms with van der Waals surface area (Å²) in [5, 5.41) is 0. The molecule has 17 heavy (non-hydrogen) atoms. The number of amides is 1. The Morgan fingerprint density at radius 1 is 1.47 bits per heavy atom. The van der Waals surface area contributed by atoms with Gasteiger partial charge in [0.15, 0.2) is 0 Å². The van der Waals surface area contributed by atoms with Crippen LogP contribution in [0.25, 0.3) is 0 Å². The Morgan fingerprint density at radius 2 is 2.12 bits per heavy atom. The molecule has 1 saturated carbocycles. The van der Waals surface area contributed by atoms with E-state index in [0.29, 0.717) is 19.7 Å². The molecule has 5 heteroatoms. The van der Waals surface area contributed by atoms with Crippen molar-refractivity contribution >= 4 is 6.09 Å². The minimum absolute atomic E-state index is 0.0382. The Labute approximate surface area is 102 Å². The lowest BCUT2D eigenvalue weighted by molar-refractivity contribution is -0.0542. The van der Waals surface area contributed by atoms with E-state index in [4.69, 9.17) is 15.2 Å². The number of nitrogens with two attached hydrogens (primary N) is 1. The molecule has 0 radical (unpaired) electrons. The summed E-state index contributed by atoms with van der Waals surface area (Å²) in [6.45, 7) is 7.28. The van der Waals surface area contributed by atoms with Crippen LogP contribution < -0.4 is 5.73 Å². The smallest absolute Gasteiger partial charge is 0.410 e.